The van der Waals surface area contributed by atoms with Gasteiger partial charge in [0.25, 0.3) is 0 Å². The van der Waals surface area contributed by atoms with Gasteiger partial charge in [0.2, 0.25) is 0 Å². The van der Waals surface area contributed by atoms with Gasteiger partial charge in [-0.3, -0.25) is 9.69 Å². The molecule has 4 nitrogen and oxygen atoms in total. The number of hydrogen-bond donors (Lipinski definition) is 2. The Kier molecular flexibility index (Phi) is 3.97. The monoisotopic (exact) mass is 254 g/mol. The van der Waals surface area contributed by atoms with Crippen LogP contribution in [0.2, 0.25) is 0 Å². The first kappa shape index (κ1) is 13.8. The summed E-state index contributed by atoms with van der Waals surface area (Å²) in [7, 11) is 0. The smallest absolute Gasteiger partial charge is 0.323 e. The van der Waals surface area contributed by atoms with E-state index in [0.29, 0.717) is 30.8 Å². The fraction of sp³-hybridized carbons (Fsp3) is 0.929. The Morgan fingerprint density at radius 2 is 2.11 bits per heavy atom. The molecule has 4 heteroatoms. The maximum atomic E-state index is 11.3. The molecule has 0 radical (unpaired) electrons. The van der Waals surface area contributed by atoms with Gasteiger partial charge in [0.1, 0.15) is 5.54 Å². The molecule has 1 heterocycles. The third-order valence-corrected chi connectivity index (χ3v) is 4.77. The summed E-state index contributed by atoms with van der Waals surface area (Å²) >= 11 is 0. The molecule has 0 aromatic heterocycles. The second-order valence-electron chi connectivity index (χ2n) is 6.40. The van der Waals surface area contributed by atoms with Crippen molar-refractivity contribution in [1.29, 1.82) is 0 Å². The van der Waals surface area contributed by atoms with Crippen molar-refractivity contribution in [3.05, 3.63) is 0 Å². The number of nitrogens with two attached hydrogens (primary N) is 1. The fourth-order valence-corrected chi connectivity index (χ4v) is 3.74. The van der Waals surface area contributed by atoms with Gasteiger partial charge in [-0.2, -0.15) is 0 Å². The zero-order valence-corrected chi connectivity index (χ0v) is 11.6. The molecule has 0 bridgehead atoms. The van der Waals surface area contributed by atoms with Crippen molar-refractivity contribution in [3.8, 4) is 0 Å². The van der Waals surface area contributed by atoms with E-state index < -0.39 is 11.5 Å². The van der Waals surface area contributed by atoms with E-state index in [1.165, 1.54) is 12.8 Å². The van der Waals surface area contributed by atoms with Gasteiger partial charge in [-0.05, 0) is 51.0 Å². The lowest BCUT2D eigenvalue weighted by atomic mass is 9.78. The molecule has 2 rings (SSSR count). The number of carbonyl (C=O) groups is 1. The normalized spacial score (nSPS) is 38.2. The summed E-state index contributed by atoms with van der Waals surface area (Å²) in [6.07, 6.45) is 5.78. The van der Waals surface area contributed by atoms with E-state index >= 15 is 0 Å². The van der Waals surface area contributed by atoms with Crippen molar-refractivity contribution in [2.24, 2.45) is 11.7 Å². The summed E-state index contributed by atoms with van der Waals surface area (Å²) in [5.41, 5.74) is 5.06. The third-order valence-electron chi connectivity index (χ3n) is 4.77. The molecular formula is C14H26N2O2. The molecule has 3 atom stereocenters. The highest BCUT2D eigenvalue weighted by molar-refractivity contribution is 5.78. The Morgan fingerprint density at radius 3 is 2.72 bits per heavy atom. The maximum Gasteiger partial charge on any atom is 0.323 e. The largest absolute Gasteiger partial charge is 0.480 e. The highest BCUT2D eigenvalue weighted by atomic mass is 16.4. The number of carboxylic acids is 1. The molecule has 2 aliphatic rings. The molecule has 0 aromatic carbocycles. The standard InChI is InChI=1S/C14H26N2O2/c1-10(2)12-6-4-8-16(12)11-5-3-7-14(15,9-11)13(17)18/h10-12H,3-9,15H2,1-2H3,(H,17,18). The first-order chi connectivity index (χ1) is 8.44. The molecule has 0 spiro atoms. The molecule has 3 N–H and O–H groups in total. The summed E-state index contributed by atoms with van der Waals surface area (Å²) in [4.78, 5) is 13.8. The van der Waals surface area contributed by atoms with Gasteiger partial charge in [0.05, 0.1) is 0 Å². The van der Waals surface area contributed by atoms with E-state index in [0.717, 1.165) is 19.4 Å². The van der Waals surface area contributed by atoms with Crippen LogP contribution in [0.4, 0.5) is 0 Å². The van der Waals surface area contributed by atoms with Crippen LogP contribution in [0.1, 0.15) is 52.4 Å². The summed E-state index contributed by atoms with van der Waals surface area (Å²) in [5, 5.41) is 9.29. The quantitative estimate of drug-likeness (QED) is 0.806. The first-order valence-electron chi connectivity index (χ1n) is 7.22. The zero-order valence-electron chi connectivity index (χ0n) is 11.6. The predicted molar refractivity (Wildman–Crippen MR) is 71.4 cm³/mol. The molecule has 1 saturated heterocycles. The molecule has 3 unspecified atom stereocenters. The summed E-state index contributed by atoms with van der Waals surface area (Å²) in [5.74, 6) is -0.182. The second kappa shape index (κ2) is 5.17. The molecular weight excluding hydrogens is 228 g/mol. The van der Waals surface area contributed by atoms with Crippen LogP contribution in [0.25, 0.3) is 0 Å². The lowest BCUT2D eigenvalue weighted by molar-refractivity contribution is -0.145. The van der Waals surface area contributed by atoms with Crippen LogP contribution in [-0.4, -0.2) is 40.1 Å². The number of carboxylic acid groups (broad SMARTS) is 1. The molecule has 1 aliphatic carbocycles. The Labute approximate surface area is 110 Å². The van der Waals surface area contributed by atoms with Crippen molar-refractivity contribution in [1.82, 2.24) is 4.90 Å². The summed E-state index contributed by atoms with van der Waals surface area (Å²) in [6, 6.07) is 0.987. The molecule has 104 valence electrons. The molecule has 0 amide bonds. The van der Waals surface area contributed by atoms with E-state index in [1.54, 1.807) is 0 Å². The van der Waals surface area contributed by atoms with Crippen LogP contribution < -0.4 is 5.73 Å². The van der Waals surface area contributed by atoms with Gasteiger partial charge >= 0.3 is 5.97 Å². The van der Waals surface area contributed by atoms with Crippen molar-refractivity contribution in [2.75, 3.05) is 6.54 Å². The molecule has 1 aliphatic heterocycles. The number of hydrogen-bond acceptors (Lipinski definition) is 3. The minimum Gasteiger partial charge on any atom is -0.480 e. The Balaban J connectivity index is 2.07. The van der Waals surface area contributed by atoms with Gasteiger partial charge < -0.3 is 10.8 Å². The van der Waals surface area contributed by atoms with Crippen LogP contribution >= 0.6 is 0 Å². The summed E-state index contributed by atoms with van der Waals surface area (Å²) in [6.45, 7) is 5.64. The van der Waals surface area contributed by atoms with Gasteiger partial charge in [-0.1, -0.05) is 13.8 Å². The summed E-state index contributed by atoms with van der Waals surface area (Å²) < 4.78 is 0. The Morgan fingerprint density at radius 1 is 1.39 bits per heavy atom. The molecule has 1 saturated carbocycles. The van der Waals surface area contributed by atoms with Crippen LogP contribution in [0.3, 0.4) is 0 Å². The fourth-order valence-electron chi connectivity index (χ4n) is 3.74. The lowest BCUT2D eigenvalue weighted by Crippen LogP contribution is -2.56. The van der Waals surface area contributed by atoms with Crippen LogP contribution in [0, 0.1) is 5.92 Å². The van der Waals surface area contributed by atoms with Gasteiger partial charge in [0, 0.05) is 12.1 Å². The van der Waals surface area contributed by atoms with Gasteiger partial charge in [-0.25, -0.2) is 0 Å². The lowest BCUT2D eigenvalue weighted by Gasteiger charge is -2.42. The van der Waals surface area contributed by atoms with E-state index in [-0.39, 0.29) is 0 Å². The van der Waals surface area contributed by atoms with Crippen molar-refractivity contribution >= 4 is 5.97 Å². The zero-order chi connectivity index (χ0) is 13.3. The van der Waals surface area contributed by atoms with E-state index in [2.05, 4.69) is 18.7 Å². The minimum atomic E-state index is -0.993. The van der Waals surface area contributed by atoms with Crippen molar-refractivity contribution in [2.45, 2.75) is 70.0 Å². The van der Waals surface area contributed by atoms with E-state index in [9.17, 15) is 9.90 Å². The highest BCUT2D eigenvalue weighted by Crippen LogP contribution is 2.35. The maximum absolute atomic E-state index is 11.3. The highest BCUT2D eigenvalue weighted by Gasteiger charge is 2.43. The van der Waals surface area contributed by atoms with Crippen molar-refractivity contribution < 1.29 is 9.90 Å². The predicted octanol–water partition coefficient (Wildman–Crippen LogP) is 1.83. The average molecular weight is 254 g/mol. The minimum absolute atomic E-state index is 0.370. The first-order valence-corrected chi connectivity index (χ1v) is 7.22. The number of likely N-dealkylation sites (tertiary alicyclic amines) is 1. The number of aliphatic carboxylic acids is 1. The Hall–Kier alpha value is -0.610. The van der Waals surface area contributed by atoms with Gasteiger partial charge in [-0.15, -0.1) is 0 Å². The van der Waals surface area contributed by atoms with E-state index in [1.807, 2.05) is 0 Å². The number of nitrogens with zero attached hydrogens (tertiary/aromatic N) is 1. The third kappa shape index (κ3) is 2.54. The average Bonchev–Trinajstić information content (AvgIpc) is 2.77. The van der Waals surface area contributed by atoms with Crippen LogP contribution in [-0.2, 0) is 4.79 Å². The van der Waals surface area contributed by atoms with Gasteiger partial charge in [0.15, 0.2) is 0 Å². The number of rotatable bonds is 3. The molecule has 2 fully saturated rings. The van der Waals surface area contributed by atoms with E-state index in [4.69, 9.17) is 5.73 Å². The topological polar surface area (TPSA) is 66.6 Å². The Bertz CT molecular complexity index is 319. The second-order valence-corrected chi connectivity index (χ2v) is 6.40. The van der Waals surface area contributed by atoms with Crippen LogP contribution in [0.5, 0.6) is 0 Å². The molecule has 0 aromatic rings. The van der Waals surface area contributed by atoms with Crippen LogP contribution in [0.15, 0.2) is 0 Å². The van der Waals surface area contributed by atoms with Crippen molar-refractivity contribution in [3.63, 3.8) is 0 Å². The SMILES string of the molecule is CC(C)C1CCCN1C1CCCC(N)(C(=O)O)C1. The molecule has 18 heavy (non-hydrogen) atoms.